The maximum atomic E-state index is 12.0. The molecule has 6 nitrogen and oxygen atoms in total. The molecule has 7 heteroatoms. The van der Waals surface area contributed by atoms with Gasteiger partial charge in [0.1, 0.15) is 5.69 Å². The van der Waals surface area contributed by atoms with E-state index in [9.17, 15) is 14.4 Å². The number of carbonyl (C=O) groups is 3. The fourth-order valence-corrected chi connectivity index (χ4v) is 2.92. The molecule has 0 bridgehead atoms. The fraction of sp³-hybridized carbons (Fsp3) is 0.214. The number of thioether (sulfide) groups is 1. The number of benzene rings is 1. The molecule has 0 spiro atoms. The summed E-state index contributed by atoms with van der Waals surface area (Å²) in [6.45, 7) is 0.447. The number of H-pyrrole nitrogens is 1. The number of imide groups is 1. The van der Waals surface area contributed by atoms with E-state index in [0.717, 1.165) is 27.6 Å². The summed E-state index contributed by atoms with van der Waals surface area (Å²) in [7, 11) is 0. The van der Waals surface area contributed by atoms with Crippen molar-refractivity contribution in [3.8, 4) is 0 Å². The van der Waals surface area contributed by atoms with Crippen molar-refractivity contribution in [1.29, 1.82) is 0 Å². The molecule has 3 amide bonds. The molecule has 2 aromatic rings. The predicted molar refractivity (Wildman–Crippen MR) is 80.2 cm³/mol. The number of aromatic amines is 1. The third-order valence-corrected chi connectivity index (χ3v) is 4.09. The van der Waals surface area contributed by atoms with Gasteiger partial charge in [0, 0.05) is 24.0 Å². The van der Waals surface area contributed by atoms with E-state index in [1.807, 2.05) is 24.3 Å². The van der Waals surface area contributed by atoms with Gasteiger partial charge in [0.15, 0.2) is 0 Å². The molecular formula is C14H13N3O3S. The van der Waals surface area contributed by atoms with Crippen LogP contribution in [0.15, 0.2) is 30.3 Å². The summed E-state index contributed by atoms with van der Waals surface area (Å²) in [6.07, 6.45) is 0. The van der Waals surface area contributed by atoms with E-state index in [-0.39, 0.29) is 35.9 Å². The van der Waals surface area contributed by atoms with Crippen LogP contribution in [0.5, 0.6) is 0 Å². The third kappa shape index (κ3) is 2.78. The molecule has 1 aromatic carbocycles. The van der Waals surface area contributed by atoms with Crippen molar-refractivity contribution < 1.29 is 14.4 Å². The minimum atomic E-state index is -0.252. The van der Waals surface area contributed by atoms with Crippen LogP contribution in [0.2, 0.25) is 0 Å². The highest BCUT2D eigenvalue weighted by atomic mass is 32.2. The molecule has 0 radical (unpaired) electrons. The summed E-state index contributed by atoms with van der Waals surface area (Å²) >= 11 is 0.990. The van der Waals surface area contributed by atoms with Gasteiger partial charge >= 0.3 is 0 Å². The molecule has 2 N–H and O–H groups in total. The lowest BCUT2D eigenvalue weighted by molar-refractivity contribution is -0.124. The first-order valence-corrected chi connectivity index (χ1v) is 7.47. The molecule has 0 unspecified atom stereocenters. The average molecular weight is 303 g/mol. The van der Waals surface area contributed by atoms with Crippen molar-refractivity contribution in [2.75, 3.05) is 18.8 Å². The van der Waals surface area contributed by atoms with E-state index < -0.39 is 0 Å². The largest absolute Gasteiger partial charge is 0.351 e. The van der Waals surface area contributed by atoms with Crippen molar-refractivity contribution in [3.05, 3.63) is 36.0 Å². The van der Waals surface area contributed by atoms with Gasteiger partial charge in [-0.3, -0.25) is 19.3 Å². The minimum Gasteiger partial charge on any atom is -0.351 e. The molecule has 108 valence electrons. The molecule has 1 fully saturated rings. The Morgan fingerprint density at radius 1 is 1.33 bits per heavy atom. The van der Waals surface area contributed by atoms with Crippen LogP contribution in [0.3, 0.4) is 0 Å². The number of nitrogens with zero attached hydrogens (tertiary/aromatic N) is 1. The zero-order valence-electron chi connectivity index (χ0n) is 11.1. The standard InChI is InChI=1S/C14H13N3O3S/c18-12-8-21-14(20)17(12)6-5-15-13(19)11-7-9-3-1-2-4-10(9)16-11/h1-4,7,16H,5-6,8H2,(H,15,19). The van der Waals surface area contributed by atoms with E-state index in [1.54, 1.807) is 6.07 Å². The van der Waals surface area contributed by atoms with Crippen molar-refractivity contribution in [2.24, 2.45) is 0 Å². The molecule has 2 heterocycles. The summed E-state index contributed by atoms with van der Waals surface area (Å²) in [5.74, 6) is -0.266. The molecular weight excluding hydrogens is 290 g/mol. The Bertz CT molecular complexity index is 676. The molecule has 21 heavy (non-hydrogen) atoms. The summed E-state index contributed by atoms with van der Waals surface area (Å²) in [5, 5.41) is 3.41. The molecule has 3 rings (SSSR count). The smallest absolute Gasteiger partial charge is 0.288 e. The molecule has 0 atom stereocenters. The van der Waals surface area contributed by atoms with Gasteiger partial charge in [-0.25, -0.2) is 0 Å². The number of hydrogen-bond donors (Lipinski definition) is 2. The lowest BCUT2D eigenvalue weighted by atomic mass is 10.2. The van der Waals surface area contributed by atoms with Gasteiger partial charge in [0.25, 0.3) is 11.1 Å². The van der Waals surface area contributed by atoms with Gasteiger partial charge in [-0.1, -0.05) is 30.0 Å². The molecule has 0 saturated carbocycles. The Morgan fingerprint density at radius 2 is 2.14 bits per heavy atom. The number of nitrogens with one attached hydrogen (secondary N) is 2. The van der Waals surface area contributed by atoms with Gasteiger partial charge in [0.05, 0.1) is 5.75 Å². The Morgan fingerprint density at radius 3 is 2.86 bits per heavy atom. The number of fused-ring (bicyclic) bond motifs is 1. The Balaban J connectivity index is 1.59. The van der Waals surface area contributed by atoms with Crippen LogP contribution >= 0.6 is 11.8 Å². The van der Waals surface area contributed by atoms with Crippen molar-refractivity contribution in [3.63, 3.8) is 0 Å². The number of amides is 3. The van der Waals surface area contributed by atoms with E-state index in [2.05, 4.69) is 10.3 Å². The molecule has 1 aliphatic rings. The van der Waals surface area contributed by atoms with Gasteiger partial charge in [-0.15, -0.1) is 0 Å². The van der Waals surface area contributed by atoms with E-state index in [1.165, 1.54) is 0 Å². The molecule has 0 aliphatic carbocycles. The van der Waals surface area contributed by atoms with Gasteiger partial charge in [-0.2, -0.15) is 0 Å². The van der Waals surface area contributed by atoms with Crippen molar-refractivity contribution in [1.82, 2.24) is 15.2 Å². The Kier molecular flexibility index (Phi) is 3.66. The molecule has 1 aromatic heterocycles. The highest BCUT2D eigenvalue weighted by Crippen LogP contribution is 2.18. The van der Waals surface area contributed by atoms with E-state index >= 15 is 0 Å². The van der Waals surface area contributed by atoms with Gasteiger partial charge in [0.2, 0.25) is 5.91 Å². The third-order valence-electron chi connectivity index (χ3n) is 3.24. The lowest BCUT2D eigenvalue weighted by Crippen LogP contribution is -2.37. The molecule has 1 saturated heterocycles. The number of aromatic nitrogens is 1. The zero-order chi connectivity index (χ0) is 14.8. The number of carbonyl (C=O) groups excluding carboxylic acids is 3. The predicted octanol–water partition coefficient (Wildman–Crippen LogP) is 1.59. The van der Waals surface area contributed by atoms with Crippen LogP contribution in [0.1, 0.15) is 10.5 Å². The summed E-state index contributed by atoms with van der Waals surface area (Å²) in [4.78, 5) is 39.0. The first-order valence-electron chi connectivity index (χ1n) is 6.48. The van der Waals surface area contributed by atoms with E-state index in [4.69, 9.17) is 0 Å². The molecule has 1 aliphatic heterocycles. The first-order chi connectivity index (χ1) is 10.1. The lowest BCUT2D eigenvalue weighted by Gasteiger charge is -2.12. The van der Waals surface area contributed by atoms with Crippen LogP contribution in [0, 0.1) is 0 Å². The SMILES string of the molecule is O=C(NCCN1C(=O)CSC1=O)c1cc2ccccc2[nH]1. The second kappa shape index (κ2) is 5.61. The summed E-state index contributed by atoms with van der Waals surface area (Å²) in [6, 6.07) is 9.38. The summed E-state index contributed by atoms with van der Waals surface area (Å²) < 4.78 is 0. The topological polar surface area (TPSA) is 82.3 Å². The van der Waals surface area contributed by atoms with Crippen molar-refractivity contribution in [2.45, 2.75) is 0 Å². The van der Waals surface area contributed by atoms with Gasteiger partial charge < -0.3 is 10.3 Å². The average Bonchev–Trinajstić information content (AvgIpc) is 3.04. The zero-order valence-corrected chi connectivity index (χ0v) is 11.9. The van der Waals surface area contributed by atoms with Crippen LogP contribution in [-0.4, -0.2) is 45.8 Å². The second-order valence-corrected chi connectivity index (χ2v) is 5.55. The first kappa shape index (κ1) is 13.7. The monoisotopic (exact) mass is 303 g/mol. The van der Waals surface area contributed by atoms with Crippen LogP contribution in [0.25, 0.3) is 10.9 Å². The summed E-state index contributed by atoms with van der Waals surface area (Å²) in [5.41, 5.74) is 1.36. The maximum absolute atomic E-state index is 12.0. The second-order valence-electron chi connectivity index (χ2n) is 4.63. The van der Waals surface area contributed by atoms with Crippen LogP contribution < -0.4 is 5.32 Å². The highest BCUT2D eigenvalue weighted by Gasteiger charge is 2.29. The fourth-order valence-electron chi connectivity index (χ4n) is 2.17. The van der Waals surface area contributed by atoms with Crippen molar-refractivity contribution >= 4 is 39.7 Å². The Labute approximate surface area is 124 Å². The van der Waals surface area contributed by atoms with E-state index in [0.29, 0.717) is 5.69 Å². The minimum absolute atomic E-state index is 0.189. The highest BCUT2D eigenvalue weighted by molar-refractivity contribution is 8.14. The normalized spacial score (nSPS) is 15.0. The van der Waals surface area contributed by atoms with Crippen LogP contribution in [-0.2, 0) is 4.79 Å². The number of hydrogen-bond acceptors (Lipinski definition) is 4. The van der Waals surface area contributed by atoms with Crippen LogP contribution in [0.4, 0.5) is 4.79 Å². The quantitative estimate of drug-likeness (QED) is 0.898. The Hall–Kier alpha value is -2.28. The number of para-hydroxylation sites is 1. The number of rotatable bonds is 4. The van der Waals surface area contributed by atoms with Gasteiger partial charge in [-0.05, 0) is 12.1 Å². The maximum Gasteiger partial charge on any atom is 0.288 e.